The molecule has 0 amide bonds. The van der Waals surface area contributed by atoms with E-state index in [0.717, 1.165) is 24.0 Å². The van der Waals surface area contributed by atoms with Crippen molar-refractivity contribution in [3.8, 4) is 17.0 Å². The number of aromatic nitrogens is 4. The topological polar surface area (TPSA) is 122 Å². The summed E-state index contributed by atoms with van der Waals surface area (Å²) in [6.45, 7) is 5.26. The van der Waals surface area contributed by atoms with Crippen molar-refractivity contribution in [1.29, 1.82) is 0 Å². The first-order valence-corrected chi connectivity index (χ1v) is 12.6. The van der Waals surface area contributed by atoms with Gasteiger partial charge in [-0.15, -0.1) is 0 Å². The maximum Gasteiger partial charge on any atom is 0.343 e. The number of morpholine rings is 1. The lowest BCUT2D eigenvalue weighted by Crippen LogP contribution is -2.36. The molecule has 1 aliphatic heterocycles. The molecule has 0 aliphatic carbocycles. The number of nitrogens with two attached hydrogens (primary N) is 1. The minimum Gasteiger partial charge on any atom is -0.497 e. The van der Waals surface area contributed by atoms with Gasteiger partial charge in [-0.3, -0.25) is 4.90 Å². The largest absolute Gasteiger partial charge is 0.497 e. The number of hydrogen-bond acceptors (Lipinski definition) is 9. The highest BCUT2D eigenvalue weighted by molar-refractivity contribution is 5.98. The lowest BCUT2D eigenvalue weighted by molar-refractivity contribution is 0.0338. The first kappa shape index (κ1) is 25.0. The van der Waals surface area contributed by atoms with Crippen LogP contribution in [0.5, 0.6) is 5.75 Å². The Balaban J connectivity index is 1.55. The molecule has 1 aliphatic rings. The van der Waals surface area contributed by atoms with Crippen molar-refractivity contribution in [2.45, 2.75) is 19.5 Å². The summed E-state index contributed by atoms with van der Waals surface area (Å²) in [5, 5.41) is 6.63. The number of hydrogen-bond donors (Lipinski definition) is 1. The predicted molar refractivity (Wildman–Crippen MR) is 144 cm³/mol. The summed E-state index contributed by atoms with van der Waals surface area (Å²) in [5.41, 5.74) is 8.02. The molecule has 39 heavy (non-hydrogen) atoms. The Hall–Kier alpha value is -4.35. The lowest BCUT2D eigenvalue weighted by Gasteiger charge is -2.28. The van der Waals surface area contributed by atoms with Gasteiger partial charge in [-0.05, 0) is 30.5 Å². The molecule has 1 atom stereocenters. The summed E-state index contributed by atoms with van der Waals surface area (Å²) in [4.78, 5) is 24.0. The second kappa shape index (κ2) is 10.1. The van der Waals surface area contributed by atoms with Crippen molar-refractivity contribution in [1.82, 2.24) is 24.6 Å². The highest BCUT2D eigenvalue weighted by atomic mass is 19.1. The van der Waals surface area contributed by atoms with E-state index in [9.17, 15) is 9.18 Å². The highest BCUT2D eigenvalue weighted by Gasteiger charge is 2.27. The van der Waals surface area contributed by atoms with Crippen LogP contribution >= 0.6 is 0 Å². The second-order valence-corrected chi connectivity index (χ2v) is 9.47. The number of fused-ring (bicyclic) bond motifs is 2. The summed E-state index contributed by atoms with van der Waals surface area (Å²) in [6.07, 6.45) is 1.35. The van der Waals surface area contributed by atoms with Crippen molar-refractivity contribution < 1.29 is 18.3 Å². The Bertz CT molecular complexity index is 1740. The summed E-state index contributed by atoms with van der Waals surface area (Å²) in [6, 6.07) is 11.2. The van der Waals surface area contributed by atoms with Crippen LogP contribution in [0.1, 0.15) is 24.3 Å². The minimum absolute atomic E-state index is 0.199. The average molecular weight is 531 g/mol. The first-order valence-electron chi connectivity index (χ1n) is 12.6. The third kappa shape index (κ3) is 4.49. The maximum atomic E-state index is 14.5. The number of nitrogen functional groups attached to an aromatic ring is 1. The third-order valence-electron chi connectivity index (χ3n) is 7.10. The van der Waals surface area contributed by atoms with E-state index in [1.807, 2.05) is 25.1 Å². The van der Waals surface area contributed by atoms with E-state index in [4.69, 9.17) is 24.7 Å². The maximum absolute atomic E-state index is 14.5. The molecule has 4 heterocycles. The first-order chi connectivity index (χ1) is 18.9. The Morgan fingerprint density at radius 1 is 1.13 bits per heavy atom. The molecule has 2 N–H and O–H groups in total. The monoisotopic (exact) mass is 530 g/mol. The lowest BCUT2D eigenvalue weighted by atomic mass is 10.0. The van der Waals surface area contributed by atoms with E-state index in [-0.39, 0.29) is 5.82 Å². The van der Waals surface area contributed by atoms with Crippen LogP contribution in [0, 0.1) is 5.82 Å². The molecule has 5 aromatic rings. The van der Waals surface area contributed by atoms with Gasteiger partial charge in [0.05, 0.1) is 31.1 Å². The molecule has 2 aromatic carbocycles. The number of anilines is 1. The molecule has 10 nitrogen and oxygen atoms in total. The molecule has 200 valence electrons. The number of methoxy groups -OCH3 is 1. The fraction of sp³-hybridized carbons (Fsp3) is 0.286. The van der Waals surface area contributed by atoms with E-state index in [1.165, 1.54) is 25.6 Å². The van der Waals surface area contributed by atoms with Crippen LogP contribution in [-0.4, -0.2) is 58.1 Å². The van der Waals surface area contributed by atoms with Gasteiger partial charge in [-0.2, -0.15) is 5.10 Å². The Morgan fingerprint density at radius 3 is 2.67 bits per heavy atom. The second-order valence-electron chi connectivity index (χ2n) is 9.47. The van der Waals surface area contributed by atoms with E-state index >= 15 is 0 Å². The van der Waals surface area contributed by atoms with Crippen LogP contribution in [0.4, 0.5) is 10.2 Å². The summed E-state index contributed by atoms with van der Waals surface area (Å²) < 4.78 is 32.9. The zero-order valence-corrected chi connectivity index (χ0v) is 21.6. The van der Waals surface area contributed by atoms with Gasteiger partial charge in [0, 0.05) is 36.8 Å². The standard InChI is InChI=1S/C28H27FN6O4/c1-16(25-22(14-34-7-9-38-10-8-34)20-5-3-4-6-21(20)28(36)39-25)35-27-23(26(30)31-15-32-27)24(33-35)17-11-18(29)13-19(12-17)37-2/h3-6,11-13,15-16H,7-10,14H2,1-2H3,(H2,30,31,32). The van der Waals surface area contributed by atoms with Gasteiger partial charge >= 0.3 is 5.63 Å². The van der Waals surface area contributed by atoms with E-state index < -0.39 is 17.5 Å². The summed E-state index contributed by atoms with van der Waals surface area (Å²) in [5.74, 6) is 0.522. The number of ether oxygens (including phenoxy) is 2. The smallest absolute Gasteiger partial charge is 0.343 e. The molecule has 0 saturated carbocycles. The fourth-order valence-corrected chi connectivity index (χ4v) is 5.15. The van der Waals surface area contributed by atoms with Crippen LogP contribution < -0.4 is 16.1 Å². The molecule has 6 rings (SSSR count). The van der Waals surface area contributed by atoms with E-state index in [2.05, 4.69) is 14.9 Å². The normalized spacial score (nSPS) is 15.2. The molecule has 1 fully saturated rings. The third-order valence-corrected chi connectivity index (χ3v) is 7.10. The highest BCUT2D eigenvalue weighted by Crippen LogP contribution is 2.36. The molecule has 1 unspecified atom stereocenters. The zero-order valence-electron chi connectivity index (χ0n) is 21.6. The van der Waals surface area contributed by atoms with Crippen LogP contribution in [0.15, 0.2) is 58.0 Å². The molecule has 11 heteroatoms. The van der Waals surface area contributed by atoms with E-state index in [0.29, 0.717) is 58.9 Å². The number of benzene rings is 2. The number of rotatable bonds is 6. The van der Waals surface area contributed by atoms with Crippen molar-refractivity contribution in [2.24, 2.45) is 0 Å². The van der Waals surface area contributed by atoms with Crippen molar-refractivity contribution in [2.75, 3.05) is 39.1 Å². The molecule has 0 spiro atoms. The number of halogens is 1. The Labute approximate surface area is 222 Å². The molecular formula is C28H27FN6O4. The van der Waals surface area contributed by atoms with Gasteiger partial charge < -0.3 is 19.6 Å². The quantitative estimate of drug-likeness (QED) is 0.350. The SMILES string of the molecule is COc1cc(F)cc(-c2nn(C(C)c3oc(=O)c4ccccc4c3CN3CCOCC3)c3ncnc(N)c23)c1. The van der Waals surface area contributed by atoms with Gasteiger partial charge in [0.2, 0.25) is 0 Å². The minimum atomic E-state index is -0.556. The predicted octanol–water partition coefficient (Wildman–Crippen LogP) is 3.77. The summed E-state index contributed by atoms with van der Waals surface area (Å²) in [7, 11) is 1.46. The van der Waals surface area contributed by atoms with Crippen LogP contribution in [-0.2, 0) is 11.3 Å². The molecule has 1 saturated heterocycles. The van der Waals surface area contributed by atoms with Gasteiger partial charge in [0.15, 0.2) is 5.65 Å². The molecular weight excluding hydrogens is 503 g/mol. The van der Waals surface area contributed by atoms with Crippen LogP contribution in [0.2, 0.25) is 0 Å². The van der Waals surface area contributed by atoms with Crippen molar-refractivity contribution in [3.05, 3.63) is 76.4 Å². The average Bonchev–Trinajstić information content (AvgIpc) is 3.35. The van der Waals surface area contributed by atoms with Crippen molar-refractivity contribution >= 4 is 27.6 Å². The van der Waals surface area contributed by atoms with Crippen LogP contribution in [0.3, 0.4) is 0 Å². The summed E-state index contributed by atoms with van der Waals surface area (Å²) >= 11 is 0. The fourth-order valence-electron chi connectivity index (χ4n) is 5.15. The Kier molecular flexibility index (Phi) is 6.45. The molecule has 3 aromatic heterocycles. The zero-order chi connectivity index (χ0) is 27.1. The van der Waals surface area contributed by atoms with Gasteiger partial charge in [0.1, 0.15) is 41.2 Å². The van der Waals surface area contributed by atoms with Crippen LogP contribution in [0.25, 0.3) is 33.1 Å². The van der Waals surface area contributed by atoms with Gasteiger partial charge in [-0.1, -0.05) is 18.2 Å². The van der Waals surface area contributed by atoms with Crippen molar-refractivity contribution in [3.63, 3.8) is 0 Å². The van der Waals surface area contributed by atoms with E-state index in [1.54, 1.807) is 16.8 Å². The molecule has 0 radical (unpaired) electrons. The number of nitrogens with zero attached hydrogens (tertiary/aromatic N) is 5. The van der Waals surface area contributed by atoms with Gasteiger partial charge in [-0.25, -0.2) is 23.8 Å². The molecule has 0 bridgehead atoms. The van der Waals surface area contributed by atoms with Gasteiger partial charge in [0.25, 0.3) is 0 Å². The Morgan fingerprint density at radius 2 is 1.90 bits per heavy atom.